The van der Waals surface area contributed by atoms with Crippen molar-refractivity contribution < 1.29 is 14.7 Å². The highest BCUT2D eigenvalue weighted by Gasteiger charge is 2.10. The third-order valence-electron chi connectivity index (χ3n) is 2.17. The van der Waals surface area contributed by atoms with Gasteiger partial charge in [-0.2, -0.15) is 0 Å². The molecule has 98 valence electrons. The van der Waals surface area contributed by atoms with Crippen LogP contribution >= 0.6 is 11.6 Å². The summed E-state index contributed by atoms with van der Waals surface area (Å²) in [6, 6.07) is 6.68. The summed E-state index contributed by atoms with van der Waals surface area (Å²) in [5.74, 6) is -1.55. The lowest BCUT2D eigenvalue weighted by Crippen LogP contribution is -2.19. The number of anilines is 1. The van der Waals surface area contributed by atoms with Crippen LogP contribution in [0.25, 0.3) is 0 Å². The van der Waals surface area contributed by atoms with Crippen molar-refractivity contribution in [3.63, 3.8) is 0 Å². The third-order valence-corrected chi connectivity index (χ3v) is 2.41. The molecule has 1 aromatic heterocycles. The standard InChI is InChI=1S/C11H9ClN4O3/c12-7-2-1-3-8(4-7)13-10(17)6-16-5-9(11(18)19)14-15-16/h1-5H,6H2,(H,13,17)(H,18,19). The number of amides is 1. The third kappa shape index (κ3) is 3.52. The second-order valence-corrected chi connectivity index (χ2v) is 4.10. The highest BCUT2D eigenvalue weighted by Crippen LogP contribution is 2.14. The minimum absolute atomic E-state index is 0.132. The Morgan fingerprint density at radius 2 is 2.21 bits per heavy atom. The van der Waals surface area contributed by atoms with Gasteiger partial charge in [-0.25, -0.2) is 9.48 Å². The van der Waals surface area contributed by atoms with Crippen molar-refractivity contribution in [2.24, 2.45) is 0 Å². The van der Waals surface area contributed by atoms with Crippen LogP contribution in [-0.2, 0) is 11.3 Å². The fourth-order valence-corrected chi connectivity index (χ4v) is 1.58. The van der Waals surface area contributed by atoms with Gasteiger partial charge in [0.05, 0.1) is 6.20 Å². The van der Waals surface area contributed by atoms with Crippen molar-refractivity contribution in [2.45, 2.75) is 6.54 Å². The molecule has 0 aliphatic heterocycles. The number of carboxylic acids is 1. The predicted octanol–water partition coefficient (Wildman–Crippen LogP) is 1.27. The topological polar surface area (TPSA) is 97.1 Å². The fraction of sp³-hybridized carbons (Fsp3) is 0.0909. The summed E-state index contributed by atoms with van der Waals surface area (Å²) < 4.78 is 1.14. The molecule has 0 aliphatic carbocycles. The molecular weight excluding hydrogens is 272 g/mol. The number of carboxylic acid groups (broad SMARTS) is 1. The van der Waals surface area contributed by atoms with E-state index in [0.29, 0.717) is 10.7 Å². The first-order valence-corrected chi connectivity index (χ1v) is 5.61. The molecular formula is C11H9ClN4O3. The van der Waals surface area contributed by atoms with Crippen LogP contribution in [0.2, 0.25) is 5.02 Å². The number of carbonyl (C=O) groups excluding carboxylic acids is 1. The Morgan fingerprint density at radius 1 is 1.42 bits per heavy atom. The van der Waals surface area contributed by atoms with Gasteiger partial charge in [0.15, 0.2) is 5.69 Å². The van der Waals surface area contributed by atoms with Crippen molar-refractivity contribution in [1.82, 2.24) is 15.0 Å². The zero-order chi connectivity index (χ0) is 13.8. The van der Waals surface area contributed by atoms with Gasteiger partial charge in [0.2, 0.25) is 5.91 Å². The minimum atomic E-state index is -1.19. The first-order valence-electron chi connectivity index (χ1n) is 5.23. The lowest BCUT2D eigenvalue weighted by molar-refractivity contribution is -0.116. The summed E-state index contributed by atoms with van der Waals surface area (Å²) >= 11 is 5.78. The Hall–Kier alpha value is -2.41. The van der Waals surface area contributed by atoms with Gasteiger partial charge in [-0.05, 0) is 18.2 Å². The van der Waals surface area contributed by atoms with E-state index < -0.39 is 5.97 Å². The average Bonchev–Trinajstić information content (AvgIpc) is 2.77. The van der Waals surface area contributed by atoms with Crippen molar-refractivity contribution in [2.75, 3.05) is 5.32 Å². The maximum absolute atomic E-state index is 11.7. The van der Waals surface area contributed by atoms with E-state index in [1.807, 2.05) is 0 Å². The van der Waals surface area contributed by atoms with Crippen molar-refractivity contribution in [3.8, 4) is 0 Å². The molecule has 0 bridgehead atoms. The number of aromatic nitrogens is 3. The van der Waals surface area contributed by atoms with E-state index >= 15 is 0 Å². The highest BCUT2D eigenvalue weighted by molar-refractivity contribution is 6.30. The number of aromatic carboxylic acids is 1. The van der Waals surface area contributed by atoms with Crippen molar-refractivity contribution in [3.05, 3.63) is 41.2 Å². The highest BCUT2D eigenvalue weighted by atomic mass is 35.5. The summed E-state index contributed by atoms with van der Waals surface area (Å²) in [5, 5.41) is 18.7. The average molecular weight is 281 g/mol. The summed E-state index contributed by atoms with van der Waals surface area (Å²) in [4.78, 5) is 22.3. The van der Waals surface area contributed by atoms with Crippen LogP contribution in [0.5, 0.6) is 0 Å². The normalized spacial score (nSPS) is 10.2. The maximum atomic E-state index is 11.7. The Bertz CT molecular complexity index is 626. The predicted molar refractivity (Wildman–Crippen MR) is 67.1 cm³/mol. The molecule has 1 aromatic carbocycles. The van der Waals surface area contributed by atoms with Crippen molar-refractivity contribution >= 4 is 29.2 Å². The monoisotopic (exact) mass is 280 g/mol. The second kappa shape index (κ2) is 5.49. The molecule has 2 aromatic rings. The van der Waals surface area contributed by atoms with Gasteiger partial charge in [0, 0.05) is 10.7 Å². The van der Waals surface area contributed by atoms with Crippen LogP contribution in [0.1, 0.15) is 10.5 Å². The number of halogens is 1. The molecule has 2 N–H and O–H groups in total. The van der Waals surface area contributed by atoms with Gasteiger partial charge >= 0.3 is 5.97 Å². The van der Waals surface area contributed by atoms with E-state index in [-0.39, 0.29) is 18.1 Å². The van der Waals surface area contributed by atoms with Crippen molar-refractivity contribution in [1.29, 1.82) is 0 Å². The first kappa shape index (κ1) is 13.0. The molecule has 8 heteroatoms. The lowest BCUT2D eigenvalue weighted by atomic mass is 10.3. The number of benzene rings is 1. The first-order chi connectivity index (χ1) is 9.04. The van der Waals surface area contributed by atoms with Crippen LogP contribution in [0, 0.1) is 0 Å². The van der Waals surface area contributed by atoms with Gasteiger partial charge < -0.3 is 10.4 Å². The lowest BCUT2D eigenvalue weighted by Gasteiger charge is -2.04. The fourth-order valence-electron chi connectivity index (χ4n) is 1.39. The molecule has 1 heterocycles. The second-order valence-electron chi connectivity index (χ2n) is 3.67. The molecule has 0 aliphatic rings. The number of carbonyl (C=O) groups is 2. The summed E-state index contributed by atoms with van der Waals surface area (Å²) in [6.45, 7) is -0.132. The van der Waals surface area contributed by atoms with Crippen LogP contribution < -0.4 is 5.32 Å². The van der Waals surface area contributed by atoms with Gasteiger partial charge in [-0.3, -0.25) is 4.79 Å². The van der Waals surface area contributed by atoms with Gasteiger partial charge in [0.25, 0.3) is 0 Å². The minimum Gasteiger partial charge on any atom is -0.476 e. The number of nitrogens with one attached hydrogen (secondary N) is 1. The maximum Gasteiger partial charge on any atom is 0.358 e. The molecule has 7 nitrogen and oxygen atoms in total. The van der Waals surface area contributed by atoms with E-state index in [1.165, 1.54) is 6.20 Å². The Kier molecular flexibility index (Phi) is 3.76. The SMILES string of the molecule is O=C(Cn1cc(C(=O)O)nn1)Nc1cccc(Cl)c1. The van der Waals surface area contributed by atoms with Crippen LogP contribution in [0.3, 0.4) is 0 Å². The molecule has 2 rings (SSSR count). The number of nitrogens with zero attached hydrogens (tertiary/aromatic N) is 3. The molecule has 0 atom stereocenters. The van der Waals surface area contributed by atoms with E-state index in [2.05, 4.69) is 15.6 Å². The Morgan fingerprint density at radius 3 is 2.84 bits per heavy atom. The Balaban J connectivity index is 1.99. The van der Waals surface area contributed by atoms with Crippen LogP contribution in [0.4, 0.5) is 5.69 Å². The number of hydrogen-bond donors (Lipinski definition) is 2. The Labute approximate surface area is 112 Å². The molecule has 0 unspecified atom stereocenters. The van der Waals surface area contributed by atoms with E-state index in [0.717, 1.165) is 4.68 Å². The number of rotatable bonds is 4. The van der Waals surface area contributed by atoms with Crippen LogP contribution in [-0.4, -0.2) is 32.0 Å². The van der Waals surface area contributed by atoms with Crippen LogP contribution in [0.15, 0.2) is 30.5 Å². The van der Waals surface area contributed by atoms with Gasteiger partial charge in [-0.1, -0.05) is 22.9 Å². The molecule has 0 radical (unpaired) electrons. The molecule has 0 fully saturated rings. The summed E-state index contributed by atoms with van der Waals surface area (Å²) in [6.07, 6.45) is 1.18. The molecule has 0 saturated carbocycles. The number of hydrogen-bond acceptors (Lipinski definition) is 4. The summed E-state index contributed by atoms with van der Waals surface area (Å²) in [7, 11) is 0. The molecule has 0 spiro atoms. The van der Waals surface area contributed by atoms with E-state index in [4.69, 9.17) is 16.7 Å². The van der Waals surface area contributed by atoms with E-state index in [1.54, 1.807) is 24.3 Å². The summed E-state index contributed by atoms with van der Waals surface area (Å²) in [5.41, 5.74) is 0.339. The van der Waals surface area contributed by atoms with Gasteiger partial charge in [-0.15, -0.1) is 5.10 Å². The van der Waals surface area contributed by atoms with E-state index in [9.17, 15) is 9.59 Å². The molecule has 0 saturated heterocycles. The quantitative estimate of drug-likeness (QED) is 0.879. The zero-order valence-corrected chi connectivity index (χ0v) is 10.3. The van der Waals surface area contributed by atoms with Gasteiger partial charge in [0.1, 0.15) is 6.54 Å². The zero-order valence-electron chi connectivity index (χ0n) is 9.58. The molecule has 1 amide bonds. The largest absolute Gasteiger partial charge is 0.476 e. The molecule has 19 heavy (non-hydrogen) atoms. The smallest absolute Gasteiger partial charge is 0.358 e.